The van der Waals surface area contributed by atoms with Crippen molar-refractivity contribution in [1.82, 2.24) is 0 Å². The number of hydrogen-bond acceptors (Lipinski definition) is 4. The van der Waals surface area contributed by atoms with E-state index in [9.17, 15) is 9.59 Å². The number of Topliss-reactive ketones (excluding diaryl/α,β-unsaturated/α-hetero) is 2. The molecule has 30 heavy (non-hydrogen) atoms. The highest BCUT2D eigenvalue weighted by atomic mass is 16.5. The summed E-state index contributed by atoms with van der Waals surface area (Å²) in [5, 5.41) is 0. The van der Waals surface area contributed by atoms with Gasteiger partial charge in [-0.1, -0.05) is 0 Å². The second-order valence-electron chi connectivity index (χ2n) is 9.64. The van der Waals surface area contributed by atoms with Crippen LogP contribution in [0.2, 0.25) is 0 Å². The van der Waals surface area contributed by atoms with Crippen LogP contribution in [0.1, 0.15) is 59.2 Å². The molecule has 4 aliphatic carbocycles. The number of hydrogen-bond donors (Lipinski definition) is 0. The van der Waals surface area contributed by atoms with E-state index >= 15 is 0 Å². The van der Waals surface area contributed by atoms with E-state index < -0.39 is 10.8 Å². The number of rotatable bonds is 6. The number of benzene rings is 2. The van der Waals surface area contributed by atoms with Crippen LogP contribution < -0.4 is 9.47 Å². The number of carbonyl (C=O) groups is 2. The molecule has 0 aliphatic heterocycles. The predicted molar refractivity (Wildman–Crippen MR) is 114 cm³/mol. The fourth-order valence-corrected chi connectivity index (χ4v) is 6.89. The fourth-order valence-electron chi connectivity index (χ4n) is 6.89. The van der Waals surface area contributed by atoms with Crippen molar-refractivity contribution in [2.45, 2.75) is 38.5 Å². The quantitative estimate of drug-likeness (QED) is 0.609. The van der Waals surface area contributed by atoms with Gasteiger partial charge in [-0.3, -0.25) is 9.59 Å². The lowest BCUT2D eigenvalue weighted by Gasteiger charge is -2.60. The minimum Gasteiger partial charge on any atom is -0.497 e. The summed E-state index contributed by atoms with van der Waals surface area (Å²) >= 11 is 0. The highest BCUT2D eigenvalue weighted by Gasteiger charge is 2.62. The molecule has 0 unspecified atom stereocenters. The molecule has 0 heterocycles. The molecule has 2 aromatic carbocycles. The van der Waals surface area contributed by atoms with Crippen LogP contribution in [-0.4, -0.2) is 25.8 Å². The van der Waals surface area contributed by atoms with Gasteiger partial charge in [0.15, 0.2) is 11.6 Å². The molecule has 0 radical (unpaired) electrons. The normalized spacial score (nSPS) is 31.4. The van der Waals surface area contributed by atoms with Gasteiger partial charge in [-0.2, -0.15) is 0 Å². The third kappa shape index (κ3) is 2.96. The first-order chi connectivity index (χ1) is 14.5. The van der Waals surface area contributed by atoms with Crippen LogP contribution in [0.15, 0.2) is 48.5 Å². The Balaban J connectivity index is 1.48. The third-order valence-corrected chi connectivity index (χ3v) is 7.73. The molecular formula is C26H28O4. The number of methoxy groups -OCH3 is 2. The van der Waals surface area contributed by atoms with Crippen LogP contribution in [0.3, 0.4) is 0 Å². The maximum atomic E-state index is 13.7. The number of carbonyl (C=O) groups excluding carboxylic acids is 2. The highest BCUT2D eigenvalue weighted by molar-refractivity contribution is 6.04. The summed E-state index contributed by atoms with van der Waals surface area (Å²) in [6, 6.07) is 14.9. The van der Waals surface area contributed by atoms with Gasteiger partial charge in [0.05, 0.1) is 14.2 Å². The molecule has 2 aromatic rings. The predicted octanol–water partition coefficient (Wildman–Crippen LogP) is 5.36. The summed E-state index contributed by atoms with van der Waals surface area (Å²) in [5.74, 6) is 2.87. The molecule has 0 amide bonds. The first-order valence-corrected chi connectivity index (χ1v) is 10.8. The zero-order chi connectivity index (χ0) is 20.9. The minimum absolute atomic E-state index is 0.214. The summed E-state index contributed by atoms with van der Waals surface area (Å²) in [7, 11) is 3.26. The Bertz CT molecular complexity index is 882. The van der Waals surface area contributed by atoms with Crippen molar-refractivity contribution in [3.8, 4) is 11.5 Å². The van der Waals surface area contributed by atoms with Gasteiger partial charge in [-0.25, -0.2) is 0 Å². The van der Waals surface area contributed by atoms with Crippen LogP contribution in [-0.2, 0) is 0 Å². The summed E-state index contributed by atoms with van der Waals surface area (Å²) in [6.45, 7) is 0. The van der Waals surface area contributed by atoms with E-state index in [2.05, 4.69) is 0 Å². The lowest BCUT2D eigenvalue weighted by molar-refractivity contribution is -0.0730. The van der Waals surface area contributed by atoms with E-state index in [1.807, 2.05) is 48.5 Å². The molecule has 4 bridgehead atoms. The molecule has 156 valence electrons. The largest absolute Gasteiger partial charge is 0.497 e. The molecule has 0 spiro atoms. The van der Waals surface area contributed by atoms with E-state index in [1.165, 1.54) is 0 Å². The second kappa shape index (κ2) is 6.97. The Hall–Kier alpha value is -2.62. The van der Waals surface area contributed by atoms with Crippen molar-refractivity contribution in [2.75, 3.05) is 14.2 Å². The summed E-state index contributed by atoms with van der Waals surface area (Å²) in [4.78, 5) is 27.4. The van der Waals surface area contributed by atoms with Crippen LogP contribution in [0, 0.1) is 22.7 Å². The lowest BCUT2D eigenvalue weighted by atomic mass is 9.42. The molecule has 4 saturated carbocycles. The van der Waals surface area contributed by atoms with Crippen molar-refractivity contribution in [3.05, 3.63) is 59.7 Å². The van der Waals surface area contributed by atoms with Gasteiger partial charge in [0.1, 0.15) is 11.5 Å². The van der Waals surface area contributed by atoms with Gasteiger partial charge in [0.2, 0.25) is 0 Å². The highest BCUT2D eigenvalue weighted by Crippen LogP contribution is 2.66. The standard InChI is InChI=1S/C26H28O4/c1-29-21-7-3-19(4-8-21)23(27)25-12-17-11-18(13-25)15-26(14-17,16-25)24(28)20-5-9-22(30-2)10-6-20/h3-10,17-18H,11-16H2,1-2H3. The smallest absolute Gasteiger partial charge is 0.169 e. The Labute approximate surface area is 177 Å². The topological polar surface area (TPSA) is 52.6 Å². The molecule has 6 rings (SSSR count). The molecule has 4 heteroatoms. The molecule has 4 fully saturated rings. The second-order valence-corrected chi connectivity index (χ2v) is 9.64. The van der Waals surface area contributed by atoms with E-state index in [0.29, 0.717) is 18.3 Å². The fraction of sp³-hybridized carbons (Fsp3) is 0.462. The minimum atomic E-state index is -0.402. The Morgan fingerprint density at radius 1 is 0.700 bits per heavy atom. The van der Waals surface area contributed by atoms with Gasteiger partial charge in [-0.05, 0) is 98.9 Å². The molecule has 0 aromatic heterocycles. The van der Waals surface area contributed by atoms with Crippen molar-refractivity contribution in [3.63, 3.8) is 0 Å². The van der Waals surface area contributed by atoms with Gasteiger partial charge in [-0.15, -0.1) is 0 Å². The number of ketones is 2. The van der Waals surface area contributed by atoms with Crippen molar-refractivity contribution < 1.29 is 19.1 Å². The molecule has 4 aliphatic rings. The molecule has 0 atom stereocenters. The zero-order valence-corrected chi connectivity index (χ0v) is 17.6. The Kier molecular flexibility index (Phi) is 4.49. The van der Waals surface area contributed by atoms with E-state index in [1.54, 1.807) is 14.2 Å². The van der Waals surface area contributed by atoms with E-state index in [0.717, 1.165) is 54.7 Å². The van der Waals surface area contributed by atoms with Gasteiger partial charge in [0, 0.05) is 22.0 Å². The van der Waals surface area contributed by atoms with E-state index in [4.69, 9.17) is 9.47 Å². The van der Waals surface area contributed by atoms with Crippen LogP contribution in [0.25, 0.3) is 0 Å². The van der Waals surface area contributed by atoms with E-state index in [-0.39, 0.29) is 11.6 Å². The molecule has 4 nitrogen and oxygen atoms in total. The lowest BCUT2D eigenvalue weighted by Crippen LogP contribution is -2.57. The van der Waals surface area contributed by atoms with Gasteiger partial charge in [0.25, 0.3) is 0 Å². The molecule has 0 N–H and O–H groups in total. The SMILES string of the molecule is COc1ccc(C(=O)C23CC4CC(C2)CC(C(=O)c2ccc(OC)cc2)(C4)C3)cc1. The number of ether oxygens (including phenoxy) is 2. The average molecular weight is 405 g/mol. The van der Waals surface area contributed by atoms with Crippen molar-refractivity contribution in [1.29, 1.82) is 0 Å². The van der Waals surface area contributed by atoms with Gasteiger partial charge >= 0.3 is 0 Å². The first kappa shape index (κ1) is 19.3. The molecular weight excluding hydrogens is 376 g/mol. The Morgan fingerprint density at radius 2 is 1.07 bits per heavy atom. The first-order valence-electron chi connectivity index (χ1n) is 10.8. The Morgan fingerprint density at radius 3 is 1.40 bits per heavy atom. The summed E-state index contributed by atoms with van der Waals surface area (Å²) < 4.78 is 10.5. The average Bonchev–Trinajstić information content (AvgIpc) is 2.77. The van der Waals surface area contributed by atoms with Crippen molar-refractivity contribution >= 4 is 11.6 Å². The van der Waals surface area contributed by atoms with Crippen LogP contribution in [0.4, 0.5) is 0 Å². The molecule has 0 saturated heterocycles. The maximum Gasteiger partial charge on any atom is 0.169 e. The van der Waals surface area contributed by atoms with Crippen LogP contribution >= 0.6 is 0 Å². The zero-order valence-electron chi connectivity index (χ0n) is 17.6. The third-order valence-electron chi connectivity index (χ3n) is 7.73. The monoisotopic (exact) mass is 404 g/mol. The maximum absolute atomic E-state index is 13.7. The van der Waals surface area contributed by atoms with Gasteiger partial charge < -0.3 is 9.47 Å². The summed E-state index contributed by atoms with van der Waals surface area (Å²) in [6.07, 6.45) is 5.54. The van der Waals surface area contributed by atoms with Crippen molar-refractivity contribution in [2.24, 2.45) is 22.7 Å². The summed E-state index contributed by atoms with van der Waals surface area (Å²) in [5.41, 5.74) is 0.677. The van der Waals surface area contributed by atoms with Crippen LogP contribution in [0.5, 0.6) is 11.5 Å².